The maximum absolute atomic E-state index is 5.98. The molecule has 0 radical (unpaired) electrons. The van der Waals surface area contributed by atoms with Crippen LogP contribution in [0.2, 0.25) is 5.02 Å². The lowest BCUT2D eigenvalue weighted by Crippen LogP contribution is -1.77. The van der Waals surface area contributed by atoms with Crippen molar-refractivity contribution in [3.63, 3.8) is 0 Å². The minimum Gasteiger partial charge on any atom is -0.350 e. The van der Waals surface area contributed by atoms with Gasteiger partial charge >= 0.3 is 0 Å². The van der Waals surface area contributed by atoms with Crippen LogP contribution in [0, 0.1) is 3.77 Å². The van der Waals surface area contributed by atoms with Gasteiger partial charge in [-0.15, -0.1) is 0 Å². The van der Waals surface area contributed by atoms with E-state index >= 15 is 0 Å². The molecule has 2 rings (SSSR count). The minimum absolute atomic E-state index is 0.687. The minimum atomic E-state index is 0.687. The molecule has 0 aliphatic heterocycles. The van der Waals surface area contributed by atoms with Crippen LogP contribution >= 0.6 is 34.2 Å². The molecule has 0 bridgehead atoms. The van der Waals surface area contributed by atoms with Gasteiger partial charge in [0.05, 0.1) is 5.02 Å². The molecule has 0 spiro atoms. The summed E-state index contributed by atoms with van der Waals surface area (Å²) in [5.74, 6) is 0. The maximum atomic E-state index is 5.98. The van der Waals surface area contributed by atoms with Gasteiger partial charge in [0.25, 0.3) is 0 Å². The average molecular weight is 306 g/mol. The van der Waals surface area contributed by atoms with E-state index in [9.17, 15) is 0 Å². The van der Waals surface area contributed by atoms with Crippen molar-refractivity contribution < 1.29 is 4.52 Å². The zero-order valence-corrected chi connectivity index (χ0v) is 9.41. The van der Waals surface area contributed by atoms with Crippen LogP contribution in [0.15, 0.2) is 34.9 Å². The van der Waals surface area contributed by atoms with Crippen molar-refractivity contribution in [2.75, 3.05) is 0 Å². The molecule has 0 fully saturated rings. The SMILES string of the molecule is Clc1ccccc1-c1cc(I)on1. The summed E-state index contributed by atoms with van der Waals surface area (Å²) in [4.78, 5) is 0. The van der Waals surface area contributed by atoms with Crippen molar-refractivity contribution in [1.29, 1.82) is 0 Å². The van der Waals surface area contributed by atoms with Crippen molar-refractivity contribution in [1.82, 2.24) is 5.16 Å². The number of nitrogens with zero attached hydrogens (tertiary/aromatic N) is 1. The fourth-order valence-electron chi connectivity index (χ4n) is 1.05. The van der Waals surface area contributed by atoms with E-state index in [1.807, 2.05) is 30.3 Å². The molecule has 0 saturated carbocycles. The summed E-state index contributed by atoms with van der Waals surface area (Å²) < 4.78 is 5.71. The van der Waals surface area contributed by atoms with Crippen LogP contribution in [-0.2, 0) is 0 Å². The molecule has 0 unspecified atom stereocenters. The van der Waals surface area contributed by atoms with Crippen LogP contribution in [-0.4, -0.2) is 5.16 Å². The van der Waals surface area contributed by atoms with Gasteiger partial charge in [-0.05, 0) is 6.07 Å². The van der Waals surface area contributed by atoms with Crippen molar-refractivity contribution in [2.45, 2.75) is 0 Å². The quantitative estimate of drug-likeness (QED) is 0.752. The molecular weight excluding hydrogens is 300 g/mol. The summed E-state index contributed by atoms with van der Waals surface area (Å²) in [7, 11) is 0. The first kappa shape index (κ1) is 9.02. The predicted molar refractivity (Wildman–Crippen MR) is 59.7 cm³/mol. The lowest BCUT2D eigenvalue weighted by atomic mass is 10.2. The molecule has 0 N–H and O–H groups in total. The summed E-state index contributed by atoms with van der Waals surface area (Å²) >= 11 is 8.05. The standard InChI is InChI=1S/C9H5ClINO/c10-7-4-2-1-3-6(7)8-5-9(11)13-12-8/h1-5H. The van der Waals surface area contributed by atoms with E-state index in [0.717, 1.165) is 15.0 Å². The maximum Gasteiger partial charge on any atom is 0.196 e. The highest BCUT2D eigenvalue weighted by Crippen LogP contribution is 2.27. The first-order chi connectivity index (χ1) is 6.27. The Morgan fingerprint density at radius 2 is 2.08 bits per heavy atom. The fraction of sp³-hybridized carbons (Fsp3) is 0. The normalized spacial score (nSPS) is 10.3. The van der Waals surface area contributed by atoms with E-state index in [1.165, 1.54) is 0 Å². The Labute approximate surface area is 94.0 Å². The molecule has 1 heterocycles. The molecule has 66 valence electrons. The van der Waals surface area contributed by atoms with Crippen LogP contribution in [0.3, 0.4) is 0 Å². The van der Waals surface area contributed by atoms with Crippen molar-refractivity contribution in [3.8, 4) is 11.3 Å². The fourth-order valence-corrected chi connectivity index (χ4v) is 1.67. The lowest BCUT2D eigenvalue weighted by Gasteiger charge is -1.96. The Morgan fingerprint density at radius 3 is 2.69 bits per heavy atom. The molecule has 0 aliphatic carbocycles. The molecule has 0 saturated heterocycles. The molecule has 2 nitrogen and oxygen atoms in total. The summed E-state index contributed by atoms with van der Waals surface area (Å²) in [6.07, 6.45) is 0. The van der Waals surface area contributed by atoms with Gasteiger partial charge in [-0.1, -0.05) is 35.0 Å². The van der Waals surface area contributed by atoms with Gasteiger partial charge in [-0.2, -0.15) is 0 Å². The highest BCUT2D eigenvalue weighted by Gasteiger charge is 2.06. The van der Waals surface area contributed by atoms with E-state index in [2.05, 4.69) is 27.7 Å². The molecule has 1 aromatic heterocycles. The summed E-state index contributed by atoms with van der Waals surface area (Å²) in [5, 5.41) is 4.57. The summed E-state index contributed by atoms with van der Waals surface area (Å²) in [6, 6.07) is 9.40. The molecule has 13 heavy (non-hydrogen) atoms. The summed E-state index contributed by atoms with van der Waals surface area (Å²) in [6.45, 7) is 0. The molecule has 4 heteroatoms. The topological polar surface area (TPSA) is 26.0 Å². The van der Waals surface area contributed by atoms with Gasteiger partial charge in [-0.3, -0.25) is 0 Å². The van der Waals surface area contributed by atoms with Crippen LogP contribution in [0.4, 0.5) is 0 Å². The van der Waals surface area contributed by atoms with Crippen molar-refractivity contribution >= 4 is 34.2 Å². The van der Waals surface area contributed by atoms with Crippen molar-refractivity contribution in [3.05, 3.63) is 39.1 Å². The van der Waals surface area contributed by atoms with Gasteiger partial charge < -0.3 is 4.52 Å². The van der Waals surface area contributed by atoms with E-state index in [4.69, 9.17) is 16.1 Å². The zero-order valence-electron chi connectivity index (χ0n) is 6.50. The first-order valence-electron chi connectivity index (χ1n) is 3.64. The Balaban J connectivity index is 2.52. The Kier molecular flexibility index (Phi) is 2.55. The van der Waals surface area contributed by atoms with Gasteiger partial charge in [-0.25, -0.2) is 0 Å². The van der Waals surface area contributed by atoms with E-state index in [1.54, 1.807) is 0 Å². The molecule has 1 aromatic carbocycles. The average Bonchev–Trinajstić information content (AvgIpc) is 2.53. The molecule has 2 aromatic rings. The molecule has 0 atom stereocenters. The molecular formula is C9H5ClINO. The monoisotopic (exact) mass is 305 g/mol. The predicted octanol–water partition coefficient (Wildman–Crippen LogP) is 3.60. The molecule has 0 aliphatic rings. The second-order valence-electron chi connectivity index (χ2n) is 2.50. The van der Waals surface area contributed by atoms with E-state index in [0.29, 0.717) is 5.02 Å². The lowest BCUT2D eigenvalue weighted by molar-refractivity contribution is 0.400. The van der Waals surface area contributed by atoms with Crippen LogP contribution in [0.1, 0.15) is 0 Å². The largest absolute Gasteiger partial charge is 0.350 e. The van der Waals surface area contributed by atoms with Crippen LogP contribution in [0.5, 0.6) is 0 Å². The Hall–Kier alpha value is -0.550. The number of benzene rings is 1. The highest BCUT2D eigenvalue weighted by molar-refractivity contribution is 14.1. The van der Waals surface area contributed by atoms with Gasteiger partial charge in [0, 0.05) is 34.2 Å². The number of halogens is 2. The first-order valence-corrected chi connectivity index (χ1v) is 5.10. The second-order valence-corrected chi connectivity index (χ2v) is 3.97. The van der Waals surface area contributed by atoms with E-state index < -0.39 is 0 Å². The van der Waals surface area contributed by atoms with Gasteiger partial charge in [0.15, 0.2) is 3.77 Å². The third kappa shape index (κ3) is 1.86. The highest BCUT2D eigenvalue weighted by atomic mass is 127. The summed E-state index contributed by atoms with van der Waals surface area (Å²) in [5.41, 5.74) is 1.67. The number of rotatable bonds is 1. The zero-order chi connectivity index (χ0) is 9.26. The number of aromatic nitrogens is 1. The van der Waals surface area contributed by atoms with Gasteiger partial charge in [0.1, 0.15) is 5.69 Å². The number of hydrogen-bond donors (Lipinski definition) is 0. The van der Waals surface area contributed by atoms with Crippen LogP contribution in [0.25, 0.3) is 11.3 Å². The Bertz CT molecular complexity index is 427. The molecule has 0 amide bonds. The van der Waals surface area contributed by atoms with Crippen LogP contribution < -0.4 is 0 Å². The van der Waals surface area contributed by atoms with Gasteiger partial charge in [0.2, 0.25) is 0 Å². The van der Waals surface area contributed by atoms with Crippen molar-refractivity contribution in [2.24, 2.45) is 0 Å². The number of hydrogen-bond acceptors (Lipinski definition) is 2. The second kappa shape index (κ2) is 3.67. The third-order valence-electron chi connectivity index (χ3n) is 1.63. The third-order valence-corrected chi connectivity index (χ3v) is 2.47. The Morgan fingerprint density at radius 1 is 1.31 bits per heavy atom. The smallest absolute Gasteiger partial charge is 0.196 e. The van der Waals surface area contributed by atoms with E-state index in [-0.39, 0.29) is 0 Å².